The number of anilines is 1. The van der Waals surface area contributed by atoms with Crippen LogP contribution in [0.5, 0.6) is 0 Å². The lowest BCUT2D eigenvalue weighted by Gasteiger charge is -2.33. The second kappa shape index (κ2) is 8.29. The zero-order valence-corrected chi connectivity index (χ0v) is 17.4. The van der Waals surface area contributed by atoms with E-state index in [1.54, 1.807) is 0 Å². The number of fused-ring (bicyclic) bond motifs is 2. The molecule has 0 aliphatic carbocycles. The number of likely N-dealkylation sites (N-methyl/N-ethyl adjacent to an activating group) is 1. The molecule has 0 saturated heterocycles. The van der Waals surface area contributed by atoms with E-state index >= 15 is 0 Å². The maximum Gasteiger partial charge on any atom is 0.255 e. The Morgan fingerprint density at radius 2 is 2.10 bits per heavy atom. The minimum absolute atomic E-state index is 0.155. The lowest BCUT2D eigenvalue weighted by Crippen LogP contribution is -2.44. The molecule has 29 heavy (non-hydrogen) atoms. The molecule has 3 heterocycles. The molecule has 4 rings (SSSR count). The monoisotopic (exact) mass is 395 g/mol. The fourth-order valence-corrected chi connectivity index (χ4v) is 4.24. The van der Waals surface area contributed by atoms with Gasteiger partial charge in [-0.15, -0.1) is 0 Å². The van der Waals surface area contributed by atoms with Crippen molar-refractivity contribution in [2.45, 2.75) is 19.8 Å². The fourth-order valence-electron chi connectivity index (χ4n) is 4.24. The van der Waals surface area contributed by atoms with Crippen LogP contribution in [0.2, 0.25) is 0 Å². The van der Waals surface area contributed by atoms with Gasteiger partial charge in [0.1, 0.15) is 0 Å². The molecule has 1 aliphatic heterocycles. The minimum atomic E-state index is 0.155. The largest absolute Gasteiger partial charge is 0.365 e. The summed E-state index contributed by atoms with van der Waals surface area (Å²) in [4.78, 5) is 17.2. The average Bonchev–Trinajstić information content (AvgIpc) is 3.32. The van der Waals surface area contributed by atoms with Crippen LogP contribution in [-0.4, -0.2) is 64.7 Å². The van der Waals surface area contributed by atoms with Gasteiger partial charge in [0.05, 0.1) is 10.9 Å². The molecule has 2 aromatic heterocycles. The molecule has 0 bridgehead atoms. The number of carbonyl (C=O) groups excluding carboxylic acids is 1. The van der Waals surface area contributed by atoms with Crippen LogP contribution in [0.1, 0.15) is 35.8 Å². The number of benzene rings is 1. The molecule has 1 unspecified atom stereocenters. The van der Waals surface area contributed by atoms with Gasteiger partial charge in [-0.05, 0) is 24.7 Å². The van der Waals surface area contributed by atoms with Crippen molar-refractivity contribution >= 4 is 22.7 Å². The number of aryl methyl sites for hydroxylation is 1. The van der Waals surface area contributed by atoms with Crippen LogP contribution in [0.15, 0.2) is 41.1 Å². The highest BCUT2D eigenvalue weighted by atomic mass is 16.5. The van der Waals surface area contributed by atoms with Crippen molar-refractivity contribution in [1.82, 2.24) is 19.5 Å². The molecule has 0 saturated carbocycles. The highest BCUT2D eigenvalue weighted by Gasteiger charge is 2.30. The van der Waals surface area contributed by atoms with Crippen LogP contribution < -0.4 is 5.32 Å². The maximum atomic E-state index is 12.8. The highest BCUT2D eigenvalue weighted by Crippen LogP contribution is 2.28. The number of carbonyl (C=O) groups is 1. The van der Waals surface area contributed by atoms with E-state index < -0.39 is 0 Å². The van der Waals surface area contributed by atoms with Gasteiger partial charge in [0, 0.05) is 57.6 Å². The number of para-hydroxylation sites is 1. The number of nitrogens with zero attached hydrogens (tertiary/aromatic N) is 4. The predicted molar refractivity (Wildman–Crippen MR) is 114 cm³/mol. The van der Waals surface area contributed by atoms with Gasteiger partial charge in [-0.1, -0.05) is 31.1 Å². The summed E-state index contributed by atoms with van der Waals surface area (Å²) < 4.78 is 7.42. The van der Waals surface area contributed by atoms with Crippen LogP contribution in [0.25, 0.3) is 11.0 Å². The molecule has 0 radical (unpaired) electrons. The zero-order valence-electron chi connectivity index (χ0n) is 17.4. The Morgan fingerprint density at radius 3 is 2.93 bits per heavy atom. The van der Waals surface area contributed by atoms with E-state index in [-0.39, 0.29) is 5.91 Å². The summed E-state index contributed by atoms with van der Waals surface area (Å²) in [6.07, 6.45) is 1.99. The Kier molecular flexibility index (Phi) is 5.58. The first kappa shape index (κ1) is 19.5. The van der Waals surface area contributed by atoms with E-state index in [0.29, 0.717) is 5.92 Å². The van der Waals surface area contributed by atoms with Crippen molar-refractivity contribution < 1.29 is 9.32 Å². The van der Waals surface area contributed by atoms with E-state index in [0.717, 1.165) is 67.3 Å². The molecule has 7 heteroatoms. The molecule has 7 nitrogen and oxygen atoms in total. The van der Waals surface area contributed by atoms with Gasteiger partial charge < -0.3 is 24.2 Å². The quantitative estimate of drug-likeness (QED) is 0.635. The Hall–Kier alpha value is -2.80. The fraction of sp³-hybridized carbons (Fsp3) is 0.455. The number of amides is 1. The van der Waals surface area contributed by atoms with Crippen molar-refractivity contribution in [3.63, 3.8) is 0 Å². The van der Waals surface area contributed by atoms with Crippen molar-refractivity contribution in [3.8, 4) is 0 Å². The van der Waals surface area contributed by atoms with Gasteiger partial charge in [0.25, 0.3) is 5.91 Å². The van der Waals surface area contributed by atoms with Gasteiger partial charge in [-0.25, -0.2) is 0 Å². The van der Waals surface area contributed by atoms with Crippen LogP contribution in [0, 0.1) is 0 Å². The highest BCUT2D eigenvalue weighted by molar-refractivity contribution is 5.96. The smallest absolute Gasteiger partial charge is 0.255 e. The SMILES string of the molecule is CCN(CCNc1noc2ccccc12)CCN1CC(C)c2c(ccn2C)C1=O. The molecule has 154 valence electrons. The molecule has 1 aromatic carbocycles. The van der Waals surface area contributed by atoms with Crippen molar-refractivity contribution in [2.24, 2.45) is 7.05 Å². The van der Waals surface area contributed by atoms with Crippen molar-refractivity contribution in [2.75, 3.05) is 44.6 Å². The third kappa shape index (κ3) is 3.87. The van der Waals surface area contributed by atoms with Crippen LogP contribution >= 0.6 is 0 Å². The first-order valence-electron chi connectivity index (χ1n) is 10.3. The average molecular weight is 396 g/mol. The summed E-state index contributed by atoms with van der Waals surface area (Å²) in [5, 5.41) is 8.49. The summed E-state index contributed by atoms with van der Waals surface area (Å²) in [6.45, 7) is 9.34. The molecule has 1 atom stereocenters. The van der Waals surface area contributed by atoms with E-state index in [1.165, 1.54) is 0 Å². The van der Waals surface area contributed by atoms with Gasteiger partial charge in [-0.2, -0.15) is 0 Å². The molecule has 1 N–H and O–H groups in total. The van der Waals surface area contributed by atoms with Crippen LogP contribution in [-0.2, 0) is 7.05 Å². The molecule has 3 aromatic rings. The Morgan fingerprint density at radius 1 is 1.28 bits per heavy atom. The second-order valence-electron chi connectivity index (χ2n) is 7.77. The third-order valence-electron chi connectivity index (χ3n) is 5.83. The summed E-state index contributed by atoms with van der Waals surface area (Å²) in [5.74, 6) is 1.30. The van der Waals surface area contributed by atoms with Crippen molar-refractivity contribution in [1.29, 1.82) is 0 Å². The van der Waals surface area contributed by atoms with E-state index in [9.17, 15) is 4.79 Å². The Bertz CT molecular complexity index is 992. The molecule has 0 spiro atoms. The molecular formula is C22H29N5O2. The molecular weight excluding hydrogens is 366 g/mol. The number of aromatic nitrogens is 2. The third-order valence-corrected chi connectivity index (χ3v) is 5.83. The summed E-state index contributed by atoms with van der Waals surface area (Å²) >= 11 is 0. The first-order chi connectivity index (χ1) is 14.1. The lowest BCUT2D eigenvalue weighted by molar-refractivity contribution is 0.0702. The minimum Gasteiger partial charge on any atom is -0.365 e. The second-order valence-corrected chi connectivity index (χ2v) is 7.77. The van der Waals surface area contributed by atoms with Crippen LogP contribution in [0.4, 0.5) is 5.82 Å². The molecule has 1 aliphatic rings. The summed E-state index contributed by atoms with van der Waals surface area (Å²) in [7, 11) is 2.02. The van der Waals surface area contributed by atoms with Gasteiger partial charge >= 0.3 is 0 Å². The van der Waals surface area contributed by atoms with Crippen LogP contribution in [0.3, 0.4) is 0 Å². The molecule has 0 fully saturated rings. The molecule has 1 amide bonds. The van der Waals surface area contributed by atoms with E-state index in [4.69, 9.17) is 4.52 Å². The summed E-state index contributed by atoms with van der Waals surface area (Å²) in [6, 6.07) is 9.80. The number of rotatable bonds is 8. The zero-order chi connectivity index (χ0) is 20.4. The topological polar surface area (TPSA) is 66.5 Å². The summed E-state index contributed by atoms with van der Waals surface area (Å²) in [5.41, 5.74) is 2.80. The predicted octanol–water partition coefficient (Wildman–Crippen LogP) is 3.16. The standard InChI is InChI=1S/C22H29N5O2/c1-4-26(12-10-23-21-17-7-5-6-8-19(17)29-24-21)13-14-27-15-16(2)20-18(22(27)28)9-11-25(20)3/h5-9,11,16H,4,10,12-15H2,1-3H3,(H,23,24). The van der Waals surface area contributed by atoms with Gasteiger partial charge in [0.2, 0.25) is 0 Å². The van der Waals surface area contributed by atoms with E-state index in [2.05, 4.69) is 33.8 Å². The normalized spacial score (nSPS) is 16.6. The van der Waals surface area contributed by atoms with Gasteiger partial charge in [-0.3, -0.25) is 4.79 Å². The van der Waals surface area contributed by atoms with E-state index in [1.807, 2.05) is 48.5 Å². The number of hydrogen-bond donors (Lipinski definition) is 1. The van der Waals surface area contributed by atoms with Gasteiger partial charge in [0.15, 0.2) is 11.4 Å². The number of hydrogen-bond acceptors (Lipinski definition) is 5. The Balaban J connectivity index is 1.30. The lowest BCUT2D eigenvalue weighted by atomic mass is 9.97. The Labute approximate surface area is 171 Å². The van der Waals surface area contributed by atoms with Crippen molar-refractivity contribution in [3.05, 3.63) is 47.8 Å². The first-order valence-corrected chi connectivity index (χ1v) is 10.3. The maximum absolute atomic E-state index is 12.8. The number of nitrogens with one attached hydrogen (secondary N) is 1.